The number of sulfonamides is 1. The molecule has 2 heterocycles. The second kappa shape index (κ2) is 14.0. The Balaban J connectivity index is 1.83. The van der Waals surface area contributed by atoms with E-state index in [2.05, 4.69) is 10.1 Å². The van der Waals surface area contributed by atoms with E-state index in [4.69, 9.17) is 43.6 Å². The van der Waals surface area contributed by atoms with Gasteiger partial charge in [-0.05, 0) is 54.6 Å². The van der Waals surface area contributed by atoms with Crippen LogP contribution in [0.5, 0.6) is 11.5 Å². The summed E-state index contributed by atoms with van der Waals surface area (Å²) in [5.41, 5.74) is 0.0887. The highest BCUT2D eigenvalue weighted by Crippen LogP contribution is 2.33. The van der Waals surface area contributed by atoms with Crippen molar-refractivity contribution in [1.29, 1.82) is 0 Å². The number of hydrogen-bond donors (Lipinski definition) is 2. The second-order valence-corrected chi connectivity index (χ2v) is 11.0. The van der Waals surface area contributed by atoms with Crippen LogP contribution in [-0.2, 0) is 30.7 Å². The molecule has 0 aromatic heterocycles. The number of methoxy groups -OCH3 is 2. The van der Waals surface area contributed by atoms with Gasteiger partial charge in [-0.3, -0.25) is 0 Å². The quantitative estimate of drug-likeness (QED) is 0.344. The molecule has 0 unspecified atom stereocenters. The van der Waals surface area contributed by atoms with Gasteiger partial charge in [0.1, 0.15) is 11.8 Å². The highest BCUT2D eigenvalue weighted by molar-refractivity contribution is 7.89. The van der Waals surface area contributed by atoms with Crippen LogP contribution < -0.4 is 14.8 Å². The first-order valence-electron chi connectivity index (χ1n) is 21.2. The van der Waals surface area contributed by atoms with Crippen LogP contribution in [0, 0.1) is 17.6 Å². The van der Waals surface area contributed by atoms with Crippen molar-refractivity contribution in [1.82, 2.24) is 9.62 Å². The standard InChI is InChI=1S/C29H39FN2O9S/c1-18(2)15-32(42(35,36)21-9-10-26(38-4)23(30)14-21)16-25(33)24(13-19-5-7-20(37-3)8-6-19)31-29(34)41-27-17-40-28-22(27)11-12-39-28/h5-10,14,18,22,24-25,27-28,33H,11-13,15-17H2,1-4H3,(H,31,34)/t22-,24-,25+,27-,28+/m0/s1/i1D3,2D3,3D3,4D3,15D2,17D2,18D,27D. The Hall–Kier alpha value is -2.97. The number of halogens is 1. The van der Waals surface area contributed by atoms with E-state index in [9.17, 15) is 18.3 Å². The van der Waals surface area contributed by atoms with E-state index in [0.717, 1.165) is 12.1 Å². The number of alkyl carbamates (subject to hydrolysis) is 1. The van der Waals surface area contributed by atoms with E-state index in [1.807, 2.05) is 0 Å². The number of benzene rings is 2. The molecule has 42 heavy (non-hydrogen) atoms. The number of rotatable bonds is 13. The van der Waals surface area contributed by atoms with Crippen molar-refractivity contribution >= 4 is 16.1 Å². The predicted molar refractivity (Wildman–Crippen MR) is 150 cm³/mol. The van der Waals surface area contributed by atoms with Crippen molar-refractivity contribution in [3.05, 3.63) is 53.8 Å². The molecule has 2 aromatic rings. The predicted octanol–water partition coefficient (Wildman–Crippen LogP) is 2.95. The molecule has 4 rings (SSSR count). The molecule has 0 bridgehead atoms. The van der Waals surface area contributed by atoms with Crippen LogP contribution in [0.2, 0.25) is 0 Å². The molecule has 13 heteroatoms. The fourth-order valence-corrected chi connectivity index (χ4v) is 5.52. The molecule has 2 N–H and O–H groups in total. The van der Waals surface area contributed by atoms with Gasteiger partial charge in [-0.1, -0.05) is 25.8 Å². The van der Waals surface area contributed by atoms with E-state index < -0.39 is 127 Å². The first kappa shape index (κ1) is 15.7. The normalized spacial score (nSPS) is 32.7. The second-order valence-electron chi connectivity index (χ2n) is 9.09. The molecule has 2 aromatic carbocycles. The van der Waals surface area contributed by atoms with E-state index in [-0.39, 0.29) is 30.4 Å². The minimum Gasteiger partial charge on any atom is -0.497 e. The van der Waals surface area contributed by atoms with Gasteiger partial charge in [0.2, 0.25) is 10.0 Å². The van der Waals surface area contributed by atoms with Gasteiger partial charge >= 0.3 is 6.09 Å². The smallest absolute Gasteiger partial charge is 0.407 e. The fraction of sp³-hybridized carbons (Fsp3) is 0.552. The van der Waals surface area contributed by atoms with Crippen LogP contribution in [0.25, 0.3) is 0 Å². The van der Waals surface area contributed by atoms with Gasteiger partial charge in [0.05, 0.1) is 62.5 Å². The average Bonchev–Trinajstić information content (AvgIpc) is 3.59. The zero-order chi connectivity index (χ0) is 45.9. The van der Waals surface area contributed by atoms with Gasteiger partial charge in [0, 0.05) is 25.4 Å². The molecule has 2 saturated heterocycles. The number of ether oxygens (including phenoxy) is 5. The maximum absolute atomic E-state index is 15.1. The van der Waals surface area contributed by atoms with E-state index >= 15 is 4.39 Å². The Morgan fingerprint density at radius 2 is 2.07 bits per heavy atom. The molecule has 0 spiro atoms. The lowest BCUT2D eigenvalue weighted by Gasteiger charge is -2.31. The van der Waals surface area contributed by atoms with Crippen molar-refractivity contribution in [2.75, 3.05) is 40.3 Å². The zero-order valence-electron chi connectivity index (χ0n) is 39.6. The molecule has 232 valence electrons. The summed E-state index contributed by atoms with van der Waals surface area (Å²) < 4.78 is 210. The monoisotopic (exact) mass is 628 g/mol. The Bertz CT molecular complexity index is 1970. The summed E-state index contributed by atoms with van der Waals surface area (Å²) in [7, 11) is -12.0. The Labute approximate surface area is 271 Å². The summed E-state index contributed by atoms with van der Waals surface area (Å²) in [6.45, 7) is -17.5. The lowest BCUT2D eigenvalue weighted by Crippen LogP contribution is -2.51. The van der Waals surface area contributed by atoms with Gasteiger partial charge in [0.15, 0.2) is 17.9 Å². The first-order valence-corrected chi connectivity index (χ1v) is 13.7. The number of aliphatic hydroxyl groups excluding tert-OH is 1. The third-order valence-corrected chi connectivity index (χ3v) is 7.98. The Kier molecular flexibility index (Phi) is 5.22. The summed E-state index contributed by atoms with van der Waals surface area (Å²) in [5.74, 6) is -8.44. The topological polar surface area (TPSA) is 133 Å². The fourth-order valence-electron chi connectivity index (χ4n) is 4.21. The van der Waals surface area contributed by atoms with Crippen LogP contribution in [0.1, 0.15) is 50.4 Å². The van der Waals surface area contributed by atoms with Crippen LogP contribution in [0.4, 0.5) is 9.18 Å². The van der Waals surface area contributed by atoms with Crippen molar-refractivity contribution in [2.24, 2.45) is 11.8 Å². The summed E-state index contributed by atoms with van der Waals surface area (Å²) in [4.78, 5) is 12.2. The van der Waals surface area contributed by atoms with Crippen LogP contribution in [0.3, 0.4) is 0 Å². The zero-order valence-corrected chi connectivity index (χ0v) is 22.4. The van der Waals surface area contributed by atoms with Crippen molar-refractivity contribution in [2.45, 2.75) is 56.0 Å². The first-order chi connectivity index (χ1) is 27.0. The van der Waals surface area contributed by atoms with Gasteiger partial charge in [-0.15, -0.1) is 0 Å². The summed E-state index contributed by atoms with van der Waals surface area (Å²) in [5, 5.41) is 13.9. The van der Waals surface area contributed by atoms with Crippen molar-refractivity contribution in [3.63, 3.8) is 0 Å². The third-order valence-electron chi connectivity index (χ3n) is 6.31. The molecular weight excluding hydrogens is 571 g/mol. The number of carbonyl (C=O) groups excluding carboxylic acids is 1. The Morgan fingerprint density at radius 3 is 2.79 bits per heavy atom. The number of aliphatic hydroxyl groups is 1. The molecule has 1 amide bonds. The Morgan fingerprint density at radius 1 is 1.29 bits per heavy atom. The molecule has 0 saturated carbocycles. The number of amides is 1. The van der Waals surface area contributed by atoms with E-state index in [0.29, 0.717) is 12.1 Å². The van der Waals surface area contributed by atoms with Crippen LogP contribution in [-0.4, -0.2) is 88.7 Å². The molecule has 2 aliphatic rings. The van der Waals surface area contributed by atoms with Crippen molar-refractivity contribution in [3.8, 4) is 11.5 Å². The summed E-state index contributed by atoms with van der Waals surface area (Å²) in [6.07, 6.45) is -8.89. The minimum atomic E-state index is -5.83. The number of fused-ring (bicyclic) bond motifs is 1. The highest BCUT2D eigenvalue weighted by atomic mass is 32.2. The number of nitrogens with zero attached hydrogens (tertiary/aromatic N) is 1. The molecular formula is C29H39FN2O9S. The molecule has 11 nitrogen and oxygen atoms in total. The largest absolute Gasteiger partial charge is 0.497 e. The third kappa shape index (κ3) is 7.70. The van der Waals surface area contributed by atoms with Crippen LogP contribution >= 0.6 is 0 Å². The SMILES string of the molecule is [2H]C([2H])([2H])Oc1ccc(C[C@H](NC(=O)O[C@]2([2H])[C@@H]3CCO[C@@H]3OC2([2H])[2H])[C@H](O)CN(C([2H])([2H])C([2H])(C([2H])([2H])[2H])C([2H])([2H])[2H])S(=O)(=O)c2ccc(OC([2H])([2H])[2H])c(F)c2)cc1. The minimum absolute atomic E-state index is 0.00472. The summed E-state index contributed by atoms with van der Waals surface area (Å²) >= 11 is 0. The van der Waals surface area contributed by atoms with E-state index in [1.54, 1.807) is 0 Å². The number of nitrogens with one attached hydrogen (secondary N) is 1. The lowest BCUT2D eigenvalue weighted by atomic mass is 10.0. The molecule has 0 aliphatic carbocycles. The lowest BCUT2D eigenvalue weighted by molar-refractivity contribution is -0.0907. The molecule has 2 aliphatic heterocycles. The maximum Gasteiger partial charge on any atom is 0.407 e. The molecule has 0 radical (unpaired) electrons. The van der Waals surface area contributed by atoms with Gasteiger partial charge in [0.25, 0.3) is 0 Å². The average molecular weight is 629 g/mol. The van der Waals surface area contributed by atoms with Crippen LogP contribution in [0.15, 0.2) is 47.4 Å². The van der Waals surface area contributed by atoms with E-state index in [1.165, 1.54) is 12.1 Å². The van der Waals surface area contributed by atoms with Gasteiger partial charge in [-0.25, -0.2) is 17.6 Å². The van der Waals surface area contributed by atoms with Gasteiger partial charge < -0.3 is 34.1 Å². The summed E-state index contributed by atoms with van der Waals surface area (Å²) in [6, 6.07) is 3.83. The van der Waals surface area contributed by atoms with Crippen molar-refractivity contribution < 1.29 is 71.1 Å². The number of carbonyl (C=O) groups is 1. The van der Waals surface area contributed by atoms with Gasteiger partial charge in [-0.2, -0.15) is 4.31 Å². The number of hydrogen-bond acceptors (Lipinski definition) is 9. The molecule has 2 fully saturated rings. The maximum atomic E-state index is 15.1. The molecule has 5 atom stereocenters. The highest BCUT2D eigenvalue weighted by Gasteiger charge is 2.44.